The molecule has 0 bridgehead atoms. The van der Waals surface area contributed by atoms with Crippen LogP contribution in [-0.2, 0) is 0 Å². The van der Waals surface area contributed by atoms with Crippen molar-refractivity contribution in [2.75, 3.05) is 21.3 Å². The molecule has 0 fully saturated rings. The number of oxazole rings is 1. The summed E-state index contributed by atoms with van der Waals surface area (Å²) in [5, 5.41) is 0. The van der Waals surface area contributed by atoms with Crippen LogP contribution in [-0.4, -0.2) is 26.3 Å². The summed E-state index contributed by atoms with van der Waals surface area (Å²) < 4.78 is 20.9. The lowest BCUT2D eigenvalue weighted by Gasteiger charge is -2.12. The maximum atomic E-state index is 5.24. The first-order valence-corrected chi connectivity index (χ1v) is 5.00. The van der Waals surface area contributed by atoms with Crippen molar-refractivity contribution >= 4 is 0 Å². The van der Waals surface area contributed by atoms with E-state index in [2.05, 4.69) is 4.98 Å². The summed E-state index contributed by atoms with van der Waals surface area (Å²) in [5.74, 6) is 2.19. The number of hydrogen-bond acceptors (Lipinski definition) is 5. The Morgan fingerprint density at radius 1 is 1.00 bits per heavy atom. The minimum Gasteiger partial charge on any atom is -0.493 e. The van der Waals surface area contributed by atoms with E-state index in [1.807, 2.05) is 0 Å². The number of ether oxygens (including phenoxy) is 3. The Hall–Kier alpha value is -2.17. The zero-order chi connectivity index (χ0) is 12.3. The first-order valence-electron chi connectivity index (χ1n) is 5.00. The standard InChI is InChI=1S/C12H13NO4/c1-14-9-6-8(12-13-4-5-17-12)7-10(15-2)11(9)16-3/h4-7H,1-3H3. The summed E-state index contributed by atoms with van der Waals surface area (Å²) in [6.45, 7) is 0. The van der Waals surface area contributed by atoms with Gasteiger partial charge in [0, 0.05) is 5.56 Å². The van der Waals surface area contributed by atoms with Crippen LogP contribution in [0.25, 0.3) is 11.5 Å². The predicted molar refractivity (Wildman–Crippen MR) is 61.6 cm³/mol. The molecular formula is C12H13NO4. The average molecular weight is 235 g/mol. The summed E-state index contributed by atoms with van der Waals surface area (Å²) in [7, 11) is 4.69. The molecule has 0 saturated heterocycles. The van der Waals surface area contributed by atoms with Crippen LogP contribution >= 0.6 is 0 Å². The van der Waals surface area contributed by atoms with Gasteiger partial charge < -0.3 is 18.6 Å². The summed E-state index contributed by atoms with van der Waals surface area (Å²) in [4.78, 5) is 4.07. The lowest BCUT2D eigenvalue weighted by atomic mass is 10.2. The van der Waals surface area contributed by atoms with E-state index in [1.54, 1.807) is 39.7 Å². The Balaban J connectivity index is 2.56. The summed E-state index contributed by atoms with van der Waals surface area (Å²) in [6, 6.07) is 3.57. The van der Waals surface area contributed by atoms with Crippen LogP contribution in [0, 0.1) is 0 Å². The second-order valence-electron chi connectivity index (χ2n) is 3.25. The lowest BCUT2D eigenvalue weighted by Crippen LogP contribution is -1.95. The zero-order valence-electron chi connectivity index (χ0n) is 9.89. The monoisotopic (exact) mass is 235 g/mol. The topological polar surface area (TPSA) is 53.7 Å². The second-order valence-corrected chi connectivity index (χ2v) is 3.25. The molecule has 0 saturated carbocycles. The van der Waals surface area contributed by atoms with E-state index in [-0.39, 0.29) is 0 Å². The Morgan fingerprint density at radius 3 is 2.06 bits per heavy atom. The molecule has 1 aromatic carbocycles. The molecule has 0 aliphatic heterocycles. The number of nitrogens with zero attached hydrogens (tertiary/aromatic N) is 1. The van der Waals surface area contributed by atoms with Crippen molar-refractivity contribution in [3.05, 3.63) is 24.6 Å². The lowest BCUT2D eigenvalue weighted by molar-refractivity contribution is 0.324. The minimum absolute atomic E-state index is 0.504. The van der Waals surface area contributed by atoms with Gasteiger partial charge in [0.2, 0.25) is 11.6 Å². The first kappa shape index (κ1) is 11.3. The molecule has 2 rings (SSSR count). The third-order valence-electron chi connectivity index (χ3n) is 2.34. The molecule has 0 N–H and O–H groups in total. The number of hydrogen-bond donors (Lipinski definition) is 0. The average Bonchev–Trinajstić information content (AvgIpc) is 2.90. The quantitative estimate of drug-likeness (QED) is 0.814. The molecule has 0 unspecified atom stereocenters. The van der Waals surface area contributed by atoms with Crippen LogP contribution in [0.3, 0.4) is 0 Å². The molecule has 0 atom stereocenters. The Bertz CT molecular complexity index is 468. The van der Waals surface area contributed by atoms with E-state index in [4.69, 9.17) is 18.6 Å². The summed E-state index contributed by atoms with van der Waals surface area (Å²) in [5.41, 5.74) is 0.768. The highest BCUT2D eigenvalue weighted by Crippen LogP contribution is 2.40. The molecule has 5 heteroatoms. The van der Waals surface area contributed by atoms with Crippen LogP contribution in [0.2, 0.25) is 0 Å². The molecular weight excluding hydrogens is 222 g/mol. The third-order valence-corrected chi connectivity index (χ3v) is 2.34. The van der Waals surface area contributed by atoms with E-state index in [9.17, 15) is 0 Å². The normalized spacial score (nSPS) is 10.1. The molecule has 0 spiro atoms. The van der Waals surface area contributed by atoms with Crippen LogP contribution in [0.1, 0.15) is 0 Å². The van der Waals surface area contributed by atoms with Gasteiger partial charge in [0.15, 0.2) is 11.5 Å². The fraction of sp³-hybridized carbons (Fsp3) is 0.250. The van der Waals surface area contributed by atoms with Gasteiger partial charge in [-0.25, -0.2) is 4.98 Å². The van der Waals surface area contributed by atoms with Crippen LogP contribution in [0.15, 0.2) is 29.0 Å². The molecule has 1 heterocycles. The molecule has 0 radical (unpaired) electrons. The molecule has 2 aromatic rings. The highest BCUT2D eigenvalue weighted by Gasteiger charge is 2.15. The number of aromatic nitrogens is 1. The molecule has 5 nitrogen and oxygen atoms in total. The van der Waals surface area contributed by atoms with Crippen molar-refractivity contribution in [1.29, 1.82) is 0 Å². The maximum absolute atomic E-state index is 5.24. The Labute approximate surface area is 98.9 Å². The van der Waals surface area contributed by atoms with E-state index in [0.29, 0.717) is 23.1 Å². The summed E-state index contributed by atoms with van der Waals surface area (Å²) in [6.07, 6.45) is 3.09. The van der Waals surface area contributed by atoms with E-state index >= 15 is 0 Å². The minimum atomic E-state index is 0.504. The molecule has 17 heavy (non-hydrogen) atoms. The molecule has 0 amide bonds. The fourth-order valence-corrected chi connectivity index (χ4v) is 1.57. The van der Waals surface area contributed by atoms with Gasteiger partial charge in [-0.15, -0.1) is 0 Å². The third kappa shape index (κ3) is 2.04. The van der Waals surface area contributed by atoms with Crippen molar-refractivity contribution in [3.63, 3.8) is 0 Å². The highest BCUT2D eigenvalue weighted by molar-refractivity contribution is 5.65. The number of rotatable bonds is 4. The molecule has 0 aliphatic carbocycles. The van der Waals surface area contributed by atoms with Gasteiger partial charge in [-0.3, -0.25) is 0 Å². The molecule has 1 aromatic heterocycles. The Morgan fingerprint density at radius 2 is 1.65 bits per heavy atom. The van der Waals surface area contributed by atoms with E-state index in [1.165, 1.54) is 6.26 Å². The van der Waals surface area contributed by atoms with Gasteiger partial charge >= 0.3 is 0 Å². The van der Waals surface area contributed by atoms with Crippen molar-refractivity contribution < 1.29 is 18.6 Å². The van der Waals surface area contributed by atoms with Crippen LogP contribution < -0.4 is 14.2 Å². The van der Waals surface area contributed by atoms with Crippen molar-refractivity contribution in [2.45, 2.75) is 0 Å². The van der Waals surface area contributed by atoms with Crippen molar-refractivity contribution in [1.82, 2.24) is 4.98 Å². The predicted octanol–water partition coefficient (Wildman–Crippen LogP) is 2.37. The van der Waals surface area contributed by atoms with Gasteiger partial charge in [0.25, 0.3) is 0 Å². The number of benzene rings is 1. The SMILES string of the molecule is COc1cc(-c2ncco2)cc(OC)c1OC. The first-order chi connectivity index (χ1) is 8.30. The highest BCUT2D eigenvalue weighted by atomic mass is 16.5. The zero-order valence-corrected chi connectivity index (χ0v) is 9.89. The number of methoxy groups -OCH3 is 3. The Kier molecular flexibility index (Phi) is 3.18. The smallest absolute Gasteiger partial charge is 0.226 e. The van der Waals surface area contributed by atoms with E-state index < -0.39 is 0 Å². The van der Waals surface area contributed by atoms with Gasteiger partial charge in [-0.1, -0.05) is 0 Å². The van der Waals surface area contributed by atoms with Crippen molar-refractivity contribution in [2.24, 2.45) is 0 Å². The fourth-order valence-electron chi connectivity index (χ4n) is 1.57. The van der Waals surface area contributed by atoms with Gasteiger partial charge in [0.1, 0.15) is 6.26 Å². The summed E-state index contributed by atoms with van der Waals surface area (Å²) >= 11 is 0. The largest absolute Gasteiger partial charge is 0.493 e. The van der Waals surface area contributed by atoms with Crippen LogP contribution in [0.5, 0.6) is 17.2 Å². The van der Waals surface area contributed by atoms with Gasteiger partial charge in [0.05, 0.1) is 27.5 Å². The van der Waals surface area contributed by atoms with Crippen molar-refractivity contribution in [3.8, 4) is 28.7 Å². The second kappa shape index (κ2) is 4.78. The molecule has 90 valence electrons. The van der Waals surface area contributed by atoms with Gasteiger partial charge in [-0.2, -0.15) is 0 Å². The molecule has 0 aliphatic rings. The van der Waals surface area contributed by atoms with Gasteiger partial charge in [-0.05, 0) is 12.1 Å². The maximum Gasteiger partial charge on any atom is 0.226 e. The van der Waals surface area contributed by atoms with E-state index in [0.717, 1.165) is 5.56 Å². The van der Waals surface area contributed by atoms with Crippen LogP contribution in [0.4, 0.5) is 0 Å².